The molecule has 1 aliphatic heterocycles. The van der Waals surface area contributed by atoms with Crippen molar-refractivity contribution in [1.29, 1.82) is 0 Å². The zero-order valence-corrected chi connectivity index (χ0v) is 13.2. The summed E-state index contributed by atoms with van der Waals surface area (Å²) < 4.78 is 11.1. The summed E-state index contributed by atoms with van der Waals surface area (Å²) in [6.45, 7) is 7.66. The average Bonchev–Trinajstić information content (AvgIpc) is 2.49. The van der Waals surface area contributed by atoms with Crippen LogP contribution in [0.1, 0.15) is 18.6 Å². The van der Waals surface area contributed by atoms with Crippen LogP contribution in [0.15, 0.2) is 18.2 Å². The molecule has 1 fully saturated rings. The maximum atomic E-state index is 9.81. The molecular formula is C16H26N2O3. The number of ether oxygens (including phenoxy) is 2. The second kappa shape index (κ2) is 7.64. The van der Waals surface area contributed by atoms with E-state index in [-0.39, 0.29) is 0 Å². The van der Waals surface area contributed by atoms with Crippen LogP contribution in [-0.4, -0.2) is 68.4 Å². The summed E-state index contributed by atoms with van der Waals surface area (Å²) in [5.74, 6) is 1.45. The molecule has 118 valence electrons. The lowest BCUT2D eigenvalue weighted by Gasteiger charge is -2.32. The van der Waals surface area contributed by atoms with Crippen molar-refractivity contribution in [2.75, 3.05) is 53.5 Å². The van der Waals surface area contributed by atoms with Crippen molar-refractivity contribution >= 4 is 0 Å². The molecular weight excluding hydrogens is 268 g/mol. The summed E-state index contributed by atoms with van der Waals surface area (Å²) >= 11 is 0. The van der Waals surface area contributed by atoms with Crippen LogP contribution in [0.25, 0.3) is 0 Å². The second-order valence-electron chi connectivity index (χ2n) is 5.57. The van der Waals surface area contributed by atoms with Gasteiger partial charge < -0.3 is 19.5 Å². The first-order chi connectivity index (χ1) is 10.1. The van der Waals surface area contributed by atoms with E-state index in [2.05, 4.69) is 16.8 Å². The summed E-state index contributed by atoms with van der Waals surface area (Å²) in [4.78, 5) is 4.74. The molecule has 0 radical (unpaired) electrons. The number of nitrogens with zero attached hydrogens (tertiary/aromatic N) is 2. The van der Waals surface area contributed by atoms with Crippen LogP contribution in [0.2, 0.25) is 0 Å². The molecule has 1 aliphatic rings. The molecule has 1 aromatic rings. The van der Waals surface area contributed by atoms with Gasteiger partial charge in [-0.25, -0.2) is 0 Å². The van der Waals surface area contributed by atoms with Crippen molar-refractivity contribution in [3.8, 4) is 11.5 Å². The third-order valence-corrected chi connectivity index (χ3v) is 3.93. The van der Waals surface area contributed by atoms with E-state index in [4.69, 9.17) is 9.47 Å². The lowest BCUT2D eigenvalue weighted by molar-refractivity contribution is 0.131. The van der Waals surface area contributed by atoms with E-state index in [1.165, 1.54) is 0 Å². The molecule has 2 rings (SSSR count). The first-order valence-corrected chi connectivity index (χ1v) is 7.50. The van der Waals surface area contributed by atoms with Gasteiger partial charge in [-0.15, -0.1) is 0 Å². The fourth-order valence-corrected chi connectivity index (χ4v) is 2.47. The van der Waals surface area contributed by atoms with Crippen LogP contribution in [0.4, 0.5) is 0 Å². The molecule has 0 unspecified atom stereocenters. The van der Waals surface area contributed by atoms with Crippen molar-refractivity contribution < 1.29 is 14.6 Å². The quantitative estimate of drug-likeness (QED) is 0.858. The van der Waals surface area contributed by atoms with Crippen molar-refractivity contribution in [3.63, 3.8) is 0 Å². The number of hydrogen-bond acceptors (Lipinski definition) is 5. The topological polar surface area (TPSA) is 45.2 Å². The molecule has 0 saturated carbocycles. The molecule has 0 bridgehead atoms. The van der Waals surface area contributed by atoms with Crippen molar-refractivity contribution in [3.05, 3.63) is 23.8 Å². The number of benzene rings is 1. The smallest absolute Gasteiger partial charge is 0.128 e. The Hall–Kier alpha value is -1.30. The number of likely N-dealkylation sites (N-methyl/N-ethyl adjacent to an activating group) is 1. The highest BCUT2D eigenvalue weighted by Gasteiger charge is 2.14. The van der Waals surface area contributed by atoms with Crippen LogP contribution in [0.3, 0.4) is 0 Å². The van der Waals surface area contributed by atoms with Gasteiger partial charge in [0.2, 0.25) is 0 Å². The minimum Gasteiger partial charge on any atom is -0.497 e. The van der Waals surface area contributed by atoms with E-state index in [9.17, 15) is 5.11 Å². The number of hydrogen-bond donors (Lipinski definition) is 1. The Kier molecular flexibility index (Phi) is 5.85. The normalized spacial score (nSPS) is 18.5. The zero-order chi connectivity index (χ0) is 15.2. The Bertz CT molecular complexity index is 443. The lowest BCUT2D eigenvalue weighted by Crippen LogP contribution is -2.45. The molecule has 5 nitrogen and oxygen atoms in total. The molecule has 1 atom stereocenters. The van der Waals surface area contributed by atoms with Gasteiger partial charge in [0.15, 0.2) is 0 Å². The van der Waals surface area contributed by atoms with Gasteiger partial charge in [0.25, 0.3) is 0 Å². The molecule has 0 aromatic heterocycles. The molecule has 0 amide bonds. The first-order valence-electron chi connectivity index (χ1n) is 7.50. The fourth-order valence-electron chi connectivity index (χ4n) is 2.47. The van der Waals surface area contributed by atoms with E-state index in [1.807, 2.05) is 18.2 Å². The van der Waals surface area contributed by atoms with Gasteiger partial charge in [0, 0.05) is 44.4 Å². The van der Waals surface area contributed by atoms with Crippen molar-refractivity contribution in [1.82, 2.24) is 9.80 Å². The number of methoxy groups -OCH3 is 1. The Balaban J connectivity index is 1.89. The minimum absolute atomic E-state index is 0.547. The lowest BCUT2D eigenvalue weighted by atomic mass is 10.1. The van der Waals surface area contributed by atoms with Gasteiger partial charge >= 0.3 is 0 Å². The summed E-state index contributed by atoms with van der Waals surface area (Å²) in [5.41, 5.74) is 0.800. The highest BCUT2D eigenvalue weighted by Crippen LogP contribution is 2.29. The van der Waals surface area contributed by atoms with Gasteiger partial charge in [-0.05, 0) is 26.1 Å². The van der Waals surface area contributed by atoms with Gasteiger partial charge in [-0.1, -0.05) is 0 Å². The van der Waals surface area contributed by atoms with Crippen LogP contribution in [0, 0.1) is 0 Å². The standard InChI is InChI=1S/C16H26N2O3/c1-13(19)15-5-4-14(20-3)12-16(15)21-11-10-18-8-6-17(2)7-9-18/h4-5,12-13,19H,6-11H2,1-3H3/t13-/m1/s1. The van der Waals surface area contributed by atoms with E-state index in [0.29, 0.717) is 12.4 Å². The average molecular weight is 294 g/mol. The van der Waals surface area contributed by atoms with Crippen LogP contribution in [-0.2, 0) is 0 Å². The molecule has 5 heteroatoms. The van der Waals surface area contributed by atoms with Gasteiger partial charge in [0.1, 0.15) is 18.1 Å². The van der Waals surface area contributed by atoms with Gasteiger partial charge in [-0.3, -0.25) is 4.90 Å². The maximum absolute atomic E-state index is 9.81. The molecule has 21 heavy (non-hydrogen) atoms. The Morgan fingerprint density at radius 1 is 1.24 bits per heavy atom. The third-order valence-electron chi connectivity index (χ3n) is 3.93. The van der Waals surface area contributed by atoms with Crippen molar-refractivity contribution in [2.24, 2.45) is 0 Å². The largest absolute Gasteiger partial charge is 0.497 e. The minimum atomic E-state index is -0.547. The number of aliphatic hydroxyl groups is 1. The summed E-state index contributed by atoms with van der Waals surface area (Å²) in [6, 6.07) is 5.54. The van der Waals surface area contributed by atoms with E-state index < -0.39 is 6.10 Å². The summed E-state index contributed by atoms with van der Waals surface area (Å²) in [7, 11) is 3.78. The van der Waals surface area contributed by atoms with E-state index in [1.54, 1.807) is 14.0 Å². The zero-order valence-electron chi connectivity index (χ0n) is 13.2. The molecule has 1 N–H and O–H groups in total. The first kappa shape index (κ1) is 16.1. The molecule has 1 aromatic carbocycles. The van der Waals surface area contributed by atoms with Gasteiger partial charge in [-0.2, -0.15) is 0 Å². The number of rotatable bonds is 6. The van der Waals surface area contributed by atoms with Crippen LogP contribution >= 0.6 is 0 Å². The Labute approximate surface area is 127 Å². The van der Waals surface area contributed by atoms with Gasteiger partial charge in [0.05, 0.1) is 13.2 Å². The predicted molar refractivity (Wildman–Crippen MR) is 83.1 cm³/mol. The molecule has 1 saturated heterocycles. The monoisotopic (exact) mass is 294 g/mol. The third kappa shape index (κ3) is 4.59. The Morgan fingerprint density at radius 3 is 2.57 bits per heavy atom. The van der Waals surface area contributed by atoms with E-state index >= 15 is 0 Å². The van der Waals surface area contributed by atoms with Crippen LogP contribution in [0.5, 0.6) is 11.5 Å². The highest BCUT2D eigenvalue weighted by molar-refractivity contribution is 5.41. The SMILES string of the molecule is COc1ccc([C@@H](C)O)c(OCCN2CCN(C)CC2)c1. The second-order valence-corrected chi connectivity index (χ2v) is 5.57. The summed E-state index contributed by atoms with van der Waals surface area (Å²) in [5, 5.41) is 9.81. The predicted octanol–water partition coefficient (Wildman–Crippen LogP) is 1.37. The van der Waals surface area contributed by atoms with Crippen molar-refractivity contribution in [2.45, 2.75) is 13.0 Å². The fraction of sp³-hybridized carbons (Fsp3) is 0.625. The molecule has 0 spiro atoms. The Morgan fingerprint density at radius 2 is 1.95 bits per heavy atom. The molecule has 0 aliphatic carbocycles. The maximum Gasteiger partial charge on any atom is 0.128 e. The van der Waals surface area contributed by atoms with E-state index in [0.717, 1.165) is 44.0 Å². The van der Waals surface area contributed by atoms with Crippen LogP contribution < -0.4 is 9.47 Å². The number of piperazine rings is 1. The highest BCUT2D eigenvalue weighted by atomic mass is 16.5. The molecule has 1 heterocycles. The summed E-state index contributed by atoms with van der Waals surface area (Å²) in [6.07, 6.45) is -0.547. The number of aliphatic hydroxyl groups excluding tert-OH is 1.